The molecule has 0 atom stereocenters. The van der Waals surface area contributed by atoms with Gasteiger partial charge in [-0.05, 0) is 50.7 Å². The second-order valence-corrected chi connectivity index (χ2v) is 7.52. The summed E-state index contributed by atoms with van der Waals surface area (Å²) < 4.78 is 5.29. The summed E-state index contributed by atoms with van der Waals surface area (Å²) in [6, 6.07) is 8.14. The summed E-state index contributed by atoms with van der Waals surface area (Å²) in [7, 11) is 1.69. The average molecular weight is 386 g/mol. The van der Waals surface area contributed by atoms with E-state index in [0.717, 1.165) is 23.2 Å². The predicted molar refractivity (Wildman–Crippen MR) is 122 cm³/mol. The number of aromatic nitrogens is 1. The van der Waals surface area contributed by atoms with Gasteiger partial charge in [0, 0.05) is 29.9 Å². The molecule has 1 aromatic heterocycles. The Morgan fingerprint density at radius 3 is 2.25 bits per heavy atom. The van der Waals surface area contributed by atoms with E-state index in [2.05, 4.69) is 41.2 Å². The molecule has 0 amide bonds. The van der Waals surface area contributed by atoms with Gasteiger partial charge in [0.2, 0.25) is 0 Å². The van der Waals surface area contributed by atoms with Crippen molar-refractivity contribution < 1.29 is 4.74 Å². The maximum absolute atomic E-state index is 5.29. The van der Waals surface area contributed by atoms with E-state index < -0.39 is 0 Å². The standard InChI is InChI=1S/C24H39N3O/c1-4-27(5-2)19-13-11-9-7-6-8-10-12-17-25-23-16-18-26-24-20-21(28-3)14-15-22(23)24/h14-16,18,20H,4-13,17,19H2,1-3H3,(H,25,26). The fourth-order valence-electron chi connectivity index (χ4n) is 3.69. The highest BCUT2D eigenvalue weighted by atomic mass is 16.5. The van der Waals surface area contributed by atoms with Crippen LogP contribution in [-0.4, -0.2) is 43.2 Å². The Morgan fingerprint density at radius 2 is 1.57 bits per heavy atom. The molecule has 1 heterocycles. The molecule has 4 heteroatoms. The van der Waals surface area contributed by atoms with Crippen LogP contribution in [0.25, 0.3) is 10.9 Å². The van der Waals surface area contributed by atoms with Gasteiger partial charge >= 0.3 is 0 Å². The second-order valence-electron chi connectivity index (χ2n) is 7.52. The van der Waals surface area contributed by atoms with Crippen molar-refractivity contribution in [1.29, 1.82) is 0 Å². The fraction of sp³-hybridized carbons (Fsp3) is 0.625. The molecular weight excluding hydrogens is 346 g/mol. The van der Waals surface area contributed by atoms with E-state index in [9.17, 15) is 0 Å². The summed E-state index contributed by atoms with van der Waals surface area (Å²) in [5, 5.41) is 4.74. The summed E-state index contributed by atoms with van der Waals surface area (Å²) in [6.07, 6.45) is 12.7. The number of rotatable bonds is 15. The lowest BCUT2D eigenvalue weighted by atomic mass is 10.1. The van der Waals surface area contributed by atoms with Crippen molar-refractivity contribution in [3.05, 3.63) is 30.5 Å². The Hall–Kier alpha value is -1.81. The van der Waals surface area contributed by atoms with Gasteiger partial charge in [0.05, 0.1) is 12.6 Å². The maximum atomic E-state index is 5.29. The molecular formula is C24H39N3O. The third kappa shape index (κ3) is 7.67. The first-order valence-electron chi connectivity index (χ1n) is 11.2. The van der Waals surface area contributed by atoms with Crippen LogP contribution < -0.4 is 10.1 Å². The van der Waals surface area contributed by atoms with Crippen LogP contribution in [0.3, 0.4) is 0 Å². The van der Waals surface area contributed by atoms with Gasteiger partial charge in [-0.25, -0.2) is 0 Å². The van der Waals surface area contributed by atoms with Gasteiger partial charge < -0.3 is 15.0 Å². The molecule has 1 N–H and O–H groups in total. The number of unbranched alkanes of at least 4 members (excludes halogenated alkanes) is 7. The van der Waals surface area contributed by atoms with Crippen molar-refractivity contribution >= 4 is 16.6 Å². The highest BCUT2D eigenvalue weighted by molar-refractivity contribution is 5.91. The van der Waals surface area contributed by atoms with E-state index in [0.29, 0.717) is 0 Å². The lowest BCUT2D eigenvalue weighted by molar-refractivity contribution is 0.295. The Bertz CT molecular complexity index is 670. The molecule has 0 aliphatic rings. The van der Waals surface area contributed by atoms with Gasteiger partial charge in [-0.15, -0.1) is 0 Å². The van der Waals surface area contributed by atoms with Crippen molar-refractivity contribution in [2.75, 3.05) is 38.6 Å². The van der Waals surface area contributed by atoms with E-state index in [1.54, 1.807) is 7.11 Å². The summed E-state index contributed by atoms with van der Waals surface area (Å²) in [5.41, 5.74) is 2.14. The molecule has 28 heavy (non-hydrogen) atoms. The topological polar surface area (TPSA) is 37.4 Å². The Kier molecular flexibility index (Phi) is 10.7. The third-order valence-electron chi connectivity index (χ3n) is 5.56. The molecule has 0 aliphatic heterocycles. The number of fused-ring (bicyclic) bond motifs is 1. The zero-order valence-corrected chi connectivity index (χ0v) is 18.2. The largest absolute Gasteiger partial charge is 0.497 e. The minimum absolute atomic E-state index is 0.852. The quantitative estimate of drug-likeness (QED) is 0.375. The number of hydrogen-bond acceptors (Lipinski definition) is 4. The Balaban J connectivity index is 1.54. The molecule has 0 saturated carbocycles. The minimum Gasteiger partial charge on any atom is -0.497 e. The maximum Gasteiger partial charge on any atom is 0.121 e. The van der Waals surface area contributed by atoms with E-state index in [1.807, 2.05) is 18.3 Å². The van der Waals surface area contributed by atoms with Gasteiger partial charge in [-0.2, -0.15) is 0 Å². The van der Waals surface area contributed by atoms with Crippen LogP contribution >= 0.6 is 0 Å². The molecule has 0 saturated heterocycles. The summed E-state index contributed by atoms with van der Waals surface area (Å²) in [4.78, 5) is 6.97. The van der Waals surface area contributed by atoms with Gasteiger partial charge in [0.1, 0.15) is 5.75 Å². The van der Waals surface area contributed by atoms with Crippen LogP contribution in [0, 0.1) is 0 Å². The number of benzene rings is 1. The molecule has 0 aliphatic carbocycles. The zero-order chi connectivity index (χ0) is 20.0. The Labute approximate surface area is 171 Å². The molecule has 156 valence electrons. The molecule has 1 aromatic carbocycles. The highest BCUT2D eigenvalue weighted by Crippen LogP contribution is 2.25. The first-order chi connectivity index (χ1) is 13.8. The van der Waals surface area contributed by atoms with E-state index in [-0.39, 0.29) is 0 Å². The van der Waals surface area contributed by atoms with Gasteiger partial charge in [0.25, 0.3) is 0 Å². The normalized spacial score (nSPS) is 11.3. The molecule has 2 rings (SSSR count). The number of methoxy groups -OCH3 is 1. The van der Waals surface area contributed by atoms with E-state index >= 15 is 0 Å². The van der Waals surface area contributed by atoms with E-state index in [4.69, 9.17) is 4.74 Å². The summed E-state index contributed by atoms with van der Waals surface area (Å²) >= 11 is 0. The SMILES string of the molecule is CCN(CC)CCCCCCCCCCNc1ccnc2cc(OC)ccc12. The Morgan fingerprint density at radius 1 is 0.893 bits per heavy atom. The highest BCUT2D eigenvalue weighted by Gasteiger charge is 2.03. The molecule has 0 unspecified atom stereocenters. The number of anilines is 1. The monoisotopic (exact) mass is 385 g/mol. The predicted octanol–water partition coefficient (Wildman–Crippen LogP) is 6.12. The fourth-order valence-corrected chi connectivity index (χ4v) is 3.69. The molecule has 4 nitrogen and oxygen atoms in total. The number of nitrogens with zero attached hydrogens (tertiary/aromatic N) is 2. The van der Waals surface area contributed by atoms with E-state index in [1.165, 1.54) is 76.7 Å². The zero-order valence-electron chi connectivity index (χ0n) is 18.2. The van der Waals surface area contributed by atoms with Crippen molar-refractivity contribution in [1.82, 2.24) is 9.88 Å². The first-order valence-corrected chi connectivity index (χ1v) is 11.2. The number of pyridine rings is 1. The lowest BCUT2D eigenvalue weighted by Crippen LogP contribution is -2.23. The van der Waals surface area contributed by atoms with Crippen LogP contribution in [0.5, 0.6) is 5.75 Å². The molecule has 0 fully saturated rings. The molecule has 0 bridgehead atoms. The van der Waals surface area contributed by atoms with Crippen molar-refractivity contribution in [2.24, 2.45) is 0 Å². The first kappa shape index (κ1) is 22.5. The van der Waals surface area contributed by atoms with Crippen LogP contribution in [0.4, 0.5) is 5.69 Å². The van der Waals surface area contributed by atoms with Crippen molar-refractivity contribution in [3.8, 4) is 5.75 Å². The van der Waals surface area contributed by atoms with Gasteiger partial charge in [-0.3, -0.25) is 4.98 Å². The molecule has 2 aromatic rings. The van der Waals surface area contributed by atoms with Crippen molar-refractivity contribution in [3.63, 3.8) is 0 Å². The minimum atomic E-state index is 0.852. The summed E-state index contributed by atoms with van der Waals surface area (Å²) in [6.45, 7) is 9.19. The third-order valence-corrected chi connectivity index (χ3v) is 5.56. The van der Waals surface area contributed by atoms with Crippen LogP contribution in [0.15, 0.2) is 30.5 Å². The number of ether oxygens (including phenoxy) is 1. The summed E-state index contributed by atoms with van der Waals surface area (Å²) in [5.74, 6) is 0.852. The van der Waals surface area contributed by atoms with Gasteiger partial charge in [0.15, 0.2) is 0 Å². The molecule has 0 spiro atoms. The number of hydrogen-bond donors (Lipinski definition) is 1. The molecule has 0 radical (unpaired) electrons. The van der Waals surface area contributed by atoms with Crippen LogP contribution in [-0.2, 0) is 0 Å². The number of nitrogens with one attached hydrogen (secondary N) is 1. The van der Waals surface area contributed by atoms with Crippen LogP contribution in [0.2, 0.25) is 0 Å². The average Bonchev–Trinajstić information content (AvgIpc) is 2.74. The van der Waals surface area contributed by atoms with Gasteiger partial charge in [-0.1, -0.05) is 52.4 Å². The van der Waals surface area contributed by atoms with Crippen molar-refractivity contribution in [2.45, 2.75) is 65.2 Å². The smallest absolute Gasteiger partial charge is 0.121 e. The second kappa shape index (κ2) is 13.4. The van der Waals surface area contributed by atoms with Crippen LogP contribution in [0.1, 0.15) is 65.2 Å². The lowest BCUT2D eigenvalue weighted by Gasteiger charge is -2.17.